The van der Waals surface area contributed by atoms with E-state index in [0.717, 1.165) is 18.2 Å². The van der Waals surface area contributed by atoms with Gasteiger partial charge in [0.25, 0.3) is 0 Å². The number of rotatable bonds is 5. The third-order valence-electron chi connectivity index (χ3n) is 2.00. The first-order valence-electron chi connectivity index (χ1n) is 4.70. The zero-order valence-corrected chi connectivity index (χ0v) is 10.8. The normalized spacial score (nSPS) is 11.2. The standard InChI is InChI=1S/C10H11ClN2O4S/c1-6(11)5-13-18(16,17)9-3-2-7(10(14)15)4-8(9)12/h2-4,13H,1,5,12H2,(H,14,15). The molecule has 6 nitrogen and oxygen atoms in total. The summed E-state index contributed by atoms with van der Waals surface area (Å²) >= 11 is 5.45. The van der Waals surface area contributed by atoms with Crippen LogP contribution in [0.3, 0.4) is 0 Å². The number of nitrogen functional groups attached to an aromatic ring is 1. The summed E-state index contributed by atoms with van der Waals surface area (Å²) in [5.41, 5.74) is 5.27. The Morgan fingerprint density at radius 1 is 1.50 bits per heavy atom. The summed E-state index contributed by atoms with van der Waals surface area (Å²) in [5.74, 6) is -1.19. The molecule has 0 heterocycles. The first-order valence-corrected chi connectivity index (χ1v) is 6.56. The Morgan fingerprint density at radius 2 is 2.11 bits per heavy atom. The summed E-state index contributed by atoms with van der Waals surface area (Å²) in [4.78, 5) is 10.5. The molecule has 0 aliphatic carbocycles. The average Bonchev–Trinajstić information content (AvgIpc) is 2.26. The number of sulfonamides is 1. The topological polar surface area (TPSA) is 109 Å². The highest BCUT2D eigenvalue weighted by Gasteiger charge is 2.18. The Morgan fingerprint density at radius 3 is 2.56 bits per heavy atom. The van der Waals surface area contributed by atoms with Crippen LogP contribution in [0.2, 0.25) is 0 Å². The molecule has 0 unspecified atom stereocenters. The van der Waals surface area contributed by atoms with Crippen LogP contribution in [-0.2, 0) is 10.0 Å². The number of carboxylic acid groups (broad SMARTS) is 1. The summed E-state index contributed by atoms with van der Waals surface area (Å²) in [5, 5.41) is 8.85. The zero-order valence-electron chi connectivity index (χ0n) is 9.18. The second-order valence-corrected chi connectivity index (χ2v) is 5.67. The lowest BCUT2D eigenvalue weighted by molar-refractivity contribution is 0.0697. The van der Waals surface area contributed by atoms with E-state index in [1.54, 1.807) is 0 Å². The van der Waals surface area contributed by atoms with Gasteiger partial charge in [-0.3, -0.25) is 0 Å². The van der Waals surface area contributed by atoms with Gasteiger partial charge in [0.05, 0.1) is 11.3 Å². The quantitative estimate of drug-likeness (QED) is 0.701. The number of hydrogen-bond acceptors (Lipinski definition) is 4. The van der Waals surface area contributed by atoms with E-state index in [1.165, 1.54) is 0 Å². The predicted octanol–water partition coefficient (Wildman–Crippen LogP) is 0.998. The SMILES string of the molecule is C=C(Cl)CNS(=O)(=O)c1ccc(C(=O)O)cc1N. The Labute approximate surface area is 109 Å². The van der Waals surface area contributed by atoms with Crippen LogP contribution in [0.15, 0.2) is 34.7 Å². The molecule has 0 atom stereocenters. The van der Waals surface area contributed by atoms with E-state index in [9.17, 15) is 13.2 Å². The first-order chi connectivity index (χ1) is 8.24. The van der Waals surface area contributed by atoms with Gasteiger partial charge in [-0.05, 0) is 18.2 Å². The molecule has 98 valence electrons. The Hall–Kier alpha value is -1.57. The molecule has 0 spiro atoms. The van der Waals surface area contributed by atoms with Gasteiger partial charge in [-0.2, -0.15) is 0 Å². The van der Waals surface area contributed by atoms with Gasteiger partial charge in [0.1, 0.15) is 4.90 Å². The number of nitrogens with two attached hydrogens (primary N) is 1. The third-order valence-corrected chi connectivity index (χ3v) is 3.61. The lowest BCUT2D eigenvalue weighted by Gasteiger charge is -2.09. The van der Waals surface area contributed by atoms with Gasteiger partial charge in [-0.1, -0.05) is 18.2 Å². The molecule has 0 aromatic heterocycles. The number of benzene rings is 1. The van der Waals surface area contributed by atoms with Crippen molar-refractivity contribution in [2.24, 2.45) is 0 Å². The molecule has 0 saturated carbocycles. The predicted molar refractivity (Wildman–Crippen MR) is 68.0 cm³/mol. The minimum Gasteiger partial charge on any atom is -0.478 e. The number of carbonyl (C=O) groups is 1. The number of anilines is 1. The van der Waals surface area contributed by atoms with Gasteiger partial charge in [-0.25, -0.2) is 17.9 Å². The molecule has 0 saturated heterocycles. The maximum absolute atomic E-state index is 11.8. The molecule has 18 heavy (non-hydrogen) atoms. The Balaban J connectivity index is 3.10. The Bertz CT molecular complexity index is 598. The lowest BCUT2D eigenvalue weighted by atomic mass is 10.2. The van der Waals surface area contributed by atoms with E-state index in [0.29, 0.717) is 0 Å². The van der Waals surface area contributed by atoms with Crippen molar-refractivity contribution >= 4 is 33.3 Å². The van der Waals surface area contributed by atoms with Crippen molar-refractivity contribution in [2.45, 2.75) is 4.90 Å². The Kier molecular flexibility index (Phi) is 4.33. The third kappa shape index (κ3) is 3.46. The number of carboxylic acids is 1. The van der Waals surface area contributed by atoms with Crippen LogP contribution in [0.1, 0.15) is 10.4 Å². The monoisotopic (exact) mass is 290 g/mol. The number of halogens is 1. The molecule has 0 bridgehead atoms. The van der Waals surface area contributed by atoms with Crippen molar-refractivity contribution in [3.63, 3.8) is 0 Å². The molecule has 4 N–H and O–H groups in total. The summed E-state index contributed by atoms with van der Waals surface area (Å²) in [6.07, 6.45) is 0. The zero-order chi connectivity index (χ0) is 13.9. The molecule has 1 rings (SSSR count). The van der Waals surface area contributed by atoms with Crippen molar-refractivity contribution in [3.05, 3.63) is 35.4 Å². The van der Waals surface area contributed by atoms with Crippen LogP contribution in [0.25, 0.3) is 0 Å². The lowest BCUT2D eigenvalue weighted by Crippen LogP contribution is -2.25. The minimum atomic E-state index is -3.84. The highest BCUT2D eigenvalue weighted by atomic mass is 35.5. The van der Waals surface area contributed by atoms with Crippen LogP contribution < -0.4 is 10.5 Å². The largest absolute Gasteiger partial charge is 0.478 e. The molecular weight excluding hydrogens is 280 g/mol. The van der Waals surface area contributed by atoms with Gasteiger partial charge < -0.3 is 10.8 Å². The van der Waals surface area contributed by atoms with E-state index in [4.69, 9.17) is 22.4 Å². The van der Waals surface area contributed by atoms with Crippen LogP contribution in [0.5, 0.6) is 0 Å². The van der Waals surface area contributed by atoms with Crippen molar-refractivity contribution < 1.29 is 18.3 Å². The summed E-state index contributed by atoms with van der Waals surface area (Å²) in [6.45, 7) is 3.21. The molecular formula is C10H11ClN2O4S. The van der Waals surface area contributed by atoms with Crippen LogP contribution >= 0.6 is 11.6 Å². The second-order valence-electron chi connectivity index (χ2n) is 3.40. The number of nitrogens with one attached hydrogen (secondary N) is 1. The smallest absolute Gasteiger partial charge is 0.335 e. The fourth-order valence-electron chi connectivity index (χ4n) is 1.18. The molecule has 1 aromatic carbocycles. The van der Waals surface area contributed by atoms with Gasteiger partial charge in [0.15, 0.2) is 0 Å². The van der Waals surface area contributed by atoms with Crippen LogP contribution in [0, 0.1) is 0 Å². The fourth-order valence-corrected chi connectivity index (χ4v) is 2.46. The summed E-state index contributed by atoms with van der Waals surface area (Å²) < 4.78 is 25.8. The number of aromatic carboxylic acids is 1. The maximum atomic E-state index is 11.8. The number of hydrogen-bond donors (Lipinski definition) is 3. The van der Waals surface area contributed by atoms with E-state index in [1.807, 2.05) is 0 Å². The molecule has 8 heteroatoms. The van der Waals surface area contributed by atoms with E-state index >= 15 is 0 Å². The molecule has 0 fully saturated rings. The van der Waals surface area contributed by atoms with E-state index in [2.05, 4.69) is 11.3 Å². The molecule has 0 aliphatic rings. The highest BCUT2D eigenvalue weighted by Crippen LogP contribution is 2.19. The summed E-state index contributed by atoms with van der Waals surface area (Å²) in [7, 11) is -3.84. The molecule has 0 amide bonds. The first kappa shape index (κ1) is 14.5. The van der Waals surface area contributed by atoms with Gasteiger partial charge >= 0.3 is 5.97 Å². The molecule has 0 radical (unpaired) electrons. The second kappa shape index (κ2) is 5.38. The van der Waals surface area contributed by atoms with E-state index < -0.39 is 16.0 Å². The average molecular weight is 291 g/mol. The van der Waals surface area contributed by atoms with Crippen LogP contribution in [0.4, 0.5) is 5.69 Å². The van der Waals surface area contributed by atoms with Crippen LogP contribution in [-0.4, -0.2) is 26.0 Å². The molecule has 1 aromatic rings. The minimum absolute atomic E-state index is 0.0896. The van der Waals surface area contributed by atoms with Crippen molar-refractivity contribution in [2.75, 3.05) is 12.3 Å². The van der Waals surface area contributed by atoms with E-state index in [-0.39, 0.29) is 27.7 Å². The highest BCUT2D eigenvalue weighted by molar-refractivity contribution is 7.89. The van der Waals surface area contributed by atoms with Gasteiger partial charge in [-0.15, -0.1) is 0 Å². The van der Waals surface area contributed by atoms with Gasteiger partial charge in [0, 0.05) is 11.6 Å². The fraction of sp³-hybridized carbons (Fsp3) is 0.100. The summed E-state index contributed by atoms with van der Waals surface area (Å²) in [6, 6.07) is 3.35. The van der Waals surface area contributed by atoms with Crippen molar-refractivity contribution in [3.8, 4) is 0 Å². The molecule has 0 aliphatic heterocycles. The van der Waals surface area contributed by atoms with Crippen molar-refractivity contribution in [1.82, 2.24) is 4.72 Å². The van der Waals surface area contributed by atoms with Gasteiger partial charge in [0.2, 0.25) is 10.0 Å². The maximum Gasteiger partial charge on any atom is 0.335 e. The van der Waals surface area contributed by atoms with Crippen molar-refractivity contribution in [1.29, 1.82) is 0 Å².